The molecule has 2 saturated carbocycles. The van der Waals surface area contributed by atoms with Gasteiger partial charge in [0.15, 0.2) is 0 Å². The Balaban J connectivity index is 1.72. The van der Waals surface area contributed by atoms with Gasteiger partial charge in [-0.15, -0.1) is 0 Å². The fourth-order valence-electron chi connectivity index (χ4n) is 3.51. The summed E-state index contributed by atoms with van der Waals surface area (Å²) in [7, 11) is -2.81. The largest absolute Gasteiger partial charge is 0.313 e. The van der Waals surface area contributed by atoms with Crippen LogP contribution in [0.3, 0.4) is 0 Å². The highest BCUT2D eigenvalue weighted by Crippen LogP contribution is 2.40. The van der Waals surface area contributed by atoms with E-state index >= 15 is 0 Å². The predicted octanol–water partition coefficient (Wildman–Crippen LogP) is 1.98. The normalized spacial score (nSPS) is 34.3. The highest BCUT2D eigenvalue weighted by Gasteiger charge is 2.31. The molecule has 3 atom stereocenters. The summed E-state index contributed by atoms with van der Waals surface area (Å²) in [6, 6.07) is 0.566. The SMILES string of the molecule is CS(=O)(=O)CCNC1CCC2CCCCC2C1. The Hall–Kier alpha value is -0.0900. The molecule has 17 heavy (non-hydrogen) atoms. The number of sulfone groups is 1. The zero-order valence-electron chi connectivity index (χ0n) is 10.8. The minimum atomic E-state index is -2.81. The van der Waals surface area contributed by atoms with Crippen LogP contribution in [-0.2, 0) is 9.84 Å². The smallest absolute Gasteiger partial charge is 0.148 e. The fraction of sp³-hybridized carbons (Fsp3) is 1.00. The minimum absolute atomic E-state index is 0.275. The van der Waals surface area contributed by atoms with Crippen LogP contribution in [0.25, 0.3) is 0 Å². The van der Waals surface area contributed by atoms with Crippen molar-refractivity contribution in [1.82, 2.24) is 5.32 Å². The van der Waals surface area contributed by atoms with E-state index in [9.17, 15) is 8.42 Å². The van der Waals surface area contributed by atoms with Gasteiger partial charge in [0.05, 0.1) is 5.75 Å². The van der Waals surface area contributed by atoms with Gasteiger partial charge >= 0.3 is 0 Å². The predicted molar refractivity (Wildman–Crippen MR) is 70.8 cm³/mol. The standard InChI is InChI=1S/C13H25NO2S/c1-17(15,16)9-8-14-13-7-6-11-4-2-3-5-12(11)10-13/h11-14H,2-10H2,1H3. The topological polar surface area (TPSA) is 46.2 Å². The molecule has 0 amide bonds. The molecule has 2 aliphatic carbocycles. The maximum Gasteiger partial charge on any atom is 0.148 e. The molecule has 100 valence electrons. The molecule has 0 aromatic rings. The molecule has 3 nitrogen and oxygen atoms in total. The molecule has 2 rings (SSSR count). The minimum Gasteiger partial charge on any atom is -0.313 e. The van der Waals surface area contributed by atoms with Crippen molar-refractivity contribution >= 4 is 9.84 Å². The van der Waals surface area contributed by atoms with Crippen molar-refractivity contribution < 1.29 is 8.42 Å². The Labute approximate surface area is 105 Å². The van der Waals surface area contributed by atoms with Crippen LogP contribution in [0.15, 0.2) is 0 Å². The Kier molecular flexibility index (Phi) is 4.47. The van der Waals surface area contributed by atoms with E-state index in [-0.39, 0.29) is 5.75 Å². The Morgan fingerprint density at radius 3 is 2.47 bits per heavy atom. The lowest BCUT2D eigenvalue weighted by Crippen LogP contribution is -2.40. The molecule has 0 aromatic heterocycles. The molecule has 3 unspecified atom stereocenters. The van der Waals surface area contributed by atoms with Gasteiger partial charge in [0.1, 0.15) is 9.84 Å². The molecule has 0 spiro atoms. The summed E-state index contributed by atoms with van der Waals surface area (Å²) in [6.45, 7) is 0.626. The molecule has 0 heterocycles. The summed E-state index contributed by atoms with van der Waals surface area (Å²) in [4.78, 5) is 0. The van der Waals surface area contributed by atoms with Crippen molar-refractivity contribution in [2.24, 2.45) is 11.8 Å². The second-order valence-corrected chi connectivity index (χ2v) is 8.16. The van der Waals surface area contributed by atoms with Crippen LogP contribution in [0.5, 0.6) is 0 Å². The van der Waals surface area contributed by atoms with Crippen molar-refractivity contribution in [2.75, 3.05) is 18.6 Å². The van der Waals surface area contributed by atoms with Crippen molar-refractivity contribution in [2.45, 2.75) is 51.0 Å². The summed E-state index contributed by atoms with van der Waals surface area (Å²) in [5.41, 5.74) is 0. The van der Waals surface area contributed by atoms with E-state index in [4.69, 9.17) is 0 Å². The average Bonchev–Trinajstić information content (AvgIpc) is 2.27. The van der Waals surface area contributed by atoms with Crippen LogP contribution in [-0.4, -0.2) is 33.0 Å². The van der Waals surface area contributed by atoms with Crippen LogP contribution in [0.4, 0.5) is 0 Å². The van der Waals surface area contributed by atoms with Crippen LogP contribution >= 0.6 is 0 Å². The highest BCUT2D eigenvalue weighted by atomic mass is 32.2. The van der Waals surface area contributed by atoms with Gasteiger partial charge in [-0.1, -0.05) is 25.7 Å². The van der Waals surface area contributed by atoms with Crippen LogP contribution < -0.4 is 5.32 Å². The van der Waals surface area contributed by atoms with E-state index in [0.29, 0.717) is 12.6 Å². The highest BCUT2D eigenvalue weighted by molar-refractivity contribution is 7.90. The monoisotopic (exact) mass is 259 g/mol. The number of hydrogen-bond acceptors (Lipinski definition) is 3. The molecule has 1 N–H and O–H groups in total. The van der Waals surface area contributed by atoms with Gasteiger partial charge in [-0.25, -0.2) is 8.42 Å². The van der Waals surface area contributed by atoms with Crippen LogP contribution in [0.1, 0.15) is 44.9 Å². The molecular weight excluding hydrogens is 234 g/mol. The number of rotatable bonds is 4. The first-order valence-electron chi connectivity index (χ1n) is 6.96. The van der Waals surface area contributed by atoms with Gasteiger partial charge in [0.25, 0.3) is 0 Å². The second kappa shape index (κ2) is 5.70. The molecule has 2 fully saturated rings. The maximum absolute atomic E-state index is 11.1. The third-order valence-electron chi connectivity index (χ3n) is 4.45. The zero-order valence-corrected chi connectivity index (χ0v) is 11.6. The molecule has 0 aromatic carbocycles. The lowest BCUT2D eigenvalue weighted by Gasteiger charge is -2.39. The van der Waals surface area contributed by atoms with E-state index in [2.05, 4.69) is 5.32 Å². The van der Waals surface area contributed by atoms with Gasteiger partial charge < -0.3 is 5.32 Å². The molecule has 2 aliphatic rings. The van der Waals surface area contributed by atoms with Crippen molar-refractivity contribution in [3.8, 4) is 0 Å². The van der Waals surface area contributed by atoms with Crippen molar-refractivity contribution in [3.05, 3.63) is 0 Å². The first kappa shape index (κ1) is 13.3. The second-order valence-electron chi connectivity index (χ2n) is 5.90. The van der Waals surface area contributed by atoms with Gasteiger partial charge in [0, 0.05) is 18.8 Å². The third kappa shape index (κ3) is 4.25. The molecule has 0 aliphatic heterocycles. The molecular formula is C13H25NO2S. The van der Waals surface area contributed by atoms with Gasteiger partial charge in [-0.3, -0.25) is 0 Å². The Morgan fingerprint density at radius 2 is 1.76 bits per heavy atom. The van der Waals surface area contributed by atoms with Gasteiger partial charge in [-0.2, -0.15) is 0 Å². The maximum atomic E-state index is 11.1. The van der Waals surface area contributed by atoms with Crippen LogP contribution in [0.2, 0.25) is 0 Å². The summed E-state index contributed by atoms with van der Waals surface area (Å²) in [5, 5.41) is 3.43. The molecule has 0 radical (unpaired) electrons. The van der Waals surface area contributed by atoms with Crippen molar-refractivity contribution in [3.63, 3.8) is 0 Å². The average molecular weight is 259 g/mol. The van der Waals surface area contributed by atoms with E-state index in [1.807, 2.05) is 0 Å². The molecule has 4 heteroatoms. The Morgan fingerprint density at radius 1 is 1.06 bits per heavy atom. The number of nitrogens with one attached hydrogen (secondary N) is 1. The first-order valence-corrected chi connectivity index (χ1v) is 9.02. The zero-order chi connectivity index (χ0) is 12.3. The van der Waals surface area contributed by atoms with E-state index in [0.717, 1.165) is 11.8 Å². The number of fused-ring (bicyclic) bond motifs is 1. The van der Waals surface area contributed by atoms with E-state index in [1.165, 1.54) is 51.2 Å². The first-order chi connectivity index (χ1) is 8.04. The van der Waals surface area contributed by atoms with Gasteiger partial charge in [0.2, 0.25) is 0 Å². The fourth-order valence-corrected chi connectivity index (χ4v) is 4.00. The quantitative estimate of drug-likeness (QED) is 0.839. The Bertz CT molecular complexity index is 339. The molecule has 0 saturated heterocycles. The van der Waals surface area contributed by atoms with Crippen LogP contribution in [0, 0.1) is 11.8 Å². The van der Waals surface area contributed by atoms with Gasteiger partial charge in [-0.05, 0) is 31.1 Å². The lowest BCUT2D eigenvalue weighted by atomic mass is 9.69. The number of hydrogen-bond donors (Lipinski definition) is 1. The summed E-state index contributed by atoms with van der Waals surface area (Å²) < 4.78 is 22.1. The summed E-state index contributed by atoms with van der Waals surface area (Å²) in [6.07, 6.45) is 10.8. The van der Waals surface area contributed by atoms with E-state index in [1.54, 1.807) is 0 Å². The third-order valence-corrected chi connectivity index (χ3v) is 5.39. The lowest BCUT2D eigenvalue weighted by molar-refractivity contribution is 0.145. The molecule has 0 bridgehead atoms. The van der Waals surface area contributed by atoms with E-state index < -0.39 is 9.84 Å². The summed E-state index contributed by atoms with van der Waals surface area (Å²) in [5.74, 6) is 2.15. The van der Waals surface area contributed by atoms with Crippen molar-refractivity contribution in [1.29, 1.82) is 0 Å². The summed E-state index contributed by atoms with van der Waals surface area (Å²) >= 11 is 0.